The Balaban J connectivity index is 2.36. The molecule has 0 aliphatic carbocycles. The molecule has 1 fully saturated rings. The maximum absolute atomic E-state index is 13.4. The van der Waals surface area contributed by atoms with Gasteiger partial charge in [-0.05, 0) is 93.4 Å². The van der Waals surface area contributed by atoms with Gasteiger partial charge in [0.05, 0.1) is 46.6 Å². The lowest BCUT2D eigenvalue weighted by Gasteiger charge is -2.36. The number of hydrogen-bond donors (Lipinski definition) is 0. The first-order valence-corrected chi connectivity index (χ1v) is 19.1. The largest absolute Gasteiger partial charge is 0.494 e. The van der Waals surface area contributed by atoms with Crippen molar-refractivity contribution in [2.24, 2.45) is 0 Å². The van der Waals surface area contributed by atoms with Gasteiger partial charge < -0.3 is 28.4 Å². The molecule has 1 heterocycles. The van der Waals surface area contributed by atoms with E-state index < -0.39 is 28.8 Å². The lowest BCUT2D eigenvalue weighted by atomic mass is 10.1. The Morgan fingerprint density at radius 2 is 1.09 bits per heavy atom. The molecule has 54 heavy (non-hydrogen) atoms. The highest BCUT2D eigenvalue weighted by Crippen LogP contribution is 2.15. The maximum atomic E-state index is 13.4. The van der Waals surface area contributed by atoms with Gasteiger partial charge in [0, 0.05) is 52.4 Å². The van der Waals surface area contributed by atoms with Crippen molar-refractivity contribution in [2.45, 2.75) is 98.5 Å². The molecule has 1 unspecified atom stereocenters. The van der Waals surface area contributed by atoms with Crippen LogP contribution in [0.3, 0.4) is 0 Å². The van der Waals surface area contributed by atoms with E-state index in [2.05, 4.69) is 0 Å². The van der Waals surface area contributed by atoms with Crippen LogP contribution in [0.5, 0.6) is 5.75 Å². The molecule has 0 N–H and O–H groups in total. The second kappa shape index (κ2) is 22.3. The molecule has 2 rings (SSSR count). The topological polar surface area (TPSA) is 137 Å². The first-order valence-electron chi connectivity index (χ1n) is 19.1. The Bertz CT molecular complexity index is 1270. The summed E-state index contributed by atoms with van der Waals surface area (Å²) in [5.74, 6) is -0.752. The normalized spacial score (nSPS) is 17.1. The molecule has 1 aliphatic heterocycles. The molecule has 1 saturated heterocycles. The minimum Gasteiger partial charge on any atom is -0.494 e. The van der Waals surface area contributed by atoms with Crippen LogP contribution in [-0.2, 0) is 49.3 Å². The molecule has 0 saturated carbocycles. The van der Waals surface area contributed by atoms with Crippen molar-refractivity contribution in [1.82, 2.24) is 19.6 Å². The third-order valence-electron chi connectivity index (χ3n) is 8.12. The highest BCUT2D eigenvalue weighted by Gasteiger charge is 2.30. The molecule has 0 aromatic heterocycles. The number of carbonyl (C=O) groups is 4. The maximum Gasteiger partial charge on any atom is 0.325 e. The smallest absolute Gasteiger partial charge is 0.325 e. The quantitative estimate of drug-likeness (QED) is 0.147. The third kappa shape index (κ3) is 20.4. The van der Waals surface area contributed by atoms with Gasteiger partial charge in [-0.1, -0.05) is 12.1 Å². The van der Waals surface area contributed by atoms with Crippen molar-refractivity contribution in [3.8, 4) is 5.75 Å². The highest BCUT2D eigenvalue weighted by atomic mass is 16.6. The van der Waals surface area contributed by atoms with Crippen LogP contribution in [0.2, 0.25) is 0 Å². The number of carbonyl (C=O) groups excluding carboxylic acids is 4. The fourth-order valence-corrected chi connectivity index (χ4v) is 5.81. The van der Waals surface area contributed by atoms with Gasteiger partial charge in [-0.3, -0.25) is 38.8 Å². The second-order valence-electron chi connectivity index (χ2n) is 16.6. The summed E-state index contributed by atoms with van der Waals surface area (Å²) in [6.45, 7) is 22.8. The molecule has 1 aromatic carbocycles. The van der Waals surface area contributed by atoms with Crippen molar-refractivity contribution in [1.29, 1.82) is 0 Å². The van der Waals surface area contributed by atoms with E-state index in [9.17, 15) is 19.2 Å². The molecular weight excluding hydrogens is 696 g/mol. The third-order valence-corrected chi connectivity index (χ3v) is 8.12. The zero-order valence-electron chi connectivity index (χ0n) is 34.9. The standard InChI is InChI=1S/C40H68N4O10/c1-12-51-32-15-13-14-31(26-32)16-25-50-30-33(37(48)49-11)44-23-21-42(28-35(46)53-39(5,6)7)19-17-41(27-34(45)52-38(2,3)4)18-20-43(22-24-44)29-36(47)54-40(8,9)10/h13-15,26,33H,12,16-25,27-30H2,1-11H3. The van der Waals surface area contributed by atoms with Crippen LogP contribution in [0.4, 0.5) is 0 Å². The Morgan fingerprint density at radius 1 is 0.667 bits per heavy atom. The van der Waals surface area contributed by atoms with Crippen LogP contribution in [-0.4, -0.2) is 165 Å². The zero-order chi connectivity index (χ0) is 40.5. The van der Waals surface area contributed by atoms with E-state index in [1.165, 1.54) is 7.11 Å². The first kappa shape index (κ1) is 46.9. The molecule has 1 aromatic rings. The van der Waals surface area contributed by atoms with E-state index >= 15 is 0 Å². The molecule has 0 spiro atoms. The number of nitrogens with zero attached hydrogens (tertiary/aromatic N) is 4. The summed E-state index contributed by atoms with van der Waals surface area (Å²) in [6.07, 6.45) is 0.627. The molecule has 0 bridgehead atoms. The molecule has 0 radical (unpaired) electrons. The summed E-state index contributed by atoms with van der Waals surface area (Å²) >= 11 is 0. The summed E-state index contributed by atoms with van der Waals surface area (Å²) < 4.78 is 34.0. The predicted octanol–water partition coefficient (Wildman–Crippen LogP) is 3.43. The van der Waals surface area contributed by atoms with Gasteiger partial charge >= 0.3 is 23.9 Å². The van der Waals surface area contributed by atoms with E-state index in [4.69, 9.17) is 28.4 Å². The van der Waals surface area contributed by atoms with Crippen LogP contribution < -0.4 is 4.74 Å². The van der Waals surface area contributed by atoms with Gasteiger partial charge in [-0.2, -0.15) is 0 Å². The fraction of sp³-hybridized carbons (Fsp3) is 0.750. The van der Waals surface area contributed by atoms with Gasteiger partial charge in [0.2, 0.25) is 0 Å². The molecule has 14 heteroatoms. The van der Waals surface area contributed by atoms with Crippen molar-refractivity contribution in [3.63, 3.8) is 0 Å². The minimum absolute atomic E-state index is 0.0242. The van der Waals surface area contributed by atoms with Crippen LogP contribution in [0, 0.1) is 0 Å². The molecular formula is C40H68N4O10. The number of ether oxygens (including phenoxy) is 6. The van der Waals surface area contributed by atoms with Crippen molar-refractivity contribution in [3.05, 3.63) is 29.8 Å². The van der Waals surface area contributed by atoms with Crippen LogP contribution in [0.1, 0.15) is 74.8 Å². The second-order valence-corrected chi connectivity index (χ2v) is 16.6. The van der Waals surface area contributed by atoms with Crippen LogP contribution >= 0.6 is 0 Å². The average Bonchev–Trinajstić information content (AvgIpc) is 3.02. The van der Waals surface area contributed by atoms with E-state index in [1.807, 2.05) is 113 Å². The number of hydrogen-bond acceptors (Lipinski definition) is 14. The van der Waals surface area contributed by atoms with E-state index in [1.54, 1.807) is 0 Å². The predicted molar refractivity (Wildman–Crippen MR) is 206 cm³/mol. The molecule has 1 atom stereocenters. The lowest BCUT2D eigenvalue weighted by Crippen LogP contribution is -2.53. The van der Waals surface area contributed by atoms with Crippen molar-refractivity contribution in [2.75, 3.05) is 98.9 Å². The molecule has 308 valence electrons. The van der Waals surface area contributed by atoms with Gasteiger partial charge in [0.1, 0.15) is 28.6 Å². The van der Waals surface area contributed by atoms with Crippen LogP contribution in [0.15, 0.2) is 24.3 Å². The van der Waals surface area contributed by atoms with E-state index in [0.29, 0.717) is 72.0 Å². The van der Waals surface area contributed by atoms with Gasteiger partial charge in [-0.15, -0.1) is 0 Å². The van der Waals surface area contributed by atoms with E-state index in [-0.39, 0.29) is 44.1 Å². The number of methoxy groups -OCH3 is 1. The molecule has 14 nitrogen and oxygen atoms in total. The van der Waals surface area contributed by atoms with E-state index in [0.717, 1.165) is 11.3 Å². The summed E-state index contributed by atoms with van der Waals surface area (Å²) in [5.41, 5.74) is -0.910. The van der Waals surface area contributed by atoms with Crippen molar-refractivity contribution < 1.29 is 47.6 Å². The Morgan fingerprint density at radius 3 is 1.48 bits per heavy atom. The van der Waals surface area contributed by atoms with Gasteiger partial charge in [0.15, 0.2) is 0 Å². The summed E-state index contributed by atoms with van der Waals surface area (Å²) in [6, 6.07) is 7.09. The SMILES string of the molecule is CCOc1cccc(CCOCC(C(=O)OC)N2CCN(CC(=O)OC(C)(C)C)CCN(CC(=O)OC(C)(C)C)CCN(CC(=O)OC(C)(C)C)CC2)c1. The fourth-order valence-electron chi connectivity index (χ4n) is 5.81. The lowest BCUT2D eigenvalue weighted by molar-refractivity contribution is -0.159. The summed E-state index contributed by atoms with van der Waals surface area (Å²) in [7, 11) is 1.36. The number of benzene rings is 1. The van der Waals surface area contributed by atoms with Crippen LogP contribution in [0.25, 0.3) is 0 Å². The highest BCUT2D eigenvalue weighted by molar-refractivity contribution is 5.76. The Kier molecular flexibility index (Phi) is 19.4. The average molecular weight is 765 g/mol. The summed E-state index contributed by atoms with van der Waals surface area (Å²) in [4.78, 5) is 60.4. The monoisotopic (exact) mass is 764 g/mol. The Labute approximate surface area is 323 Å². The van der Waals surface area contributed by atoms with Crippen molar-refractivity contribution >= 4 is 23.9 Å². The summed E-state index contributed by atoms with van der Waals surface area (Å²) in [5, 5.41) is 0. The molecule has 0 amide bonds. The number of esters is 4. The van der Waals surface area contributed by atoms with Gasteiger partial charge in [-0.25, -0.2) is 0 Å². The first-order chi connectivity index (χ1) is 25.2. The molecule has 1 aliphatic rings. The zero-order valence-corrected chi connectivity index (χ0v) is 34.9. The number of rotatable bonds is 15. The minimum atomic E-state index is -0.747. The van der Waals surface area contributed by atoms with Gasteiger partial charge in [0.25, 0.3) is 0 Å². The Hall–Kier alpha value is -3.30.